The van der Waals surface area contributed by atoms with E-state index in [9.17, 15) is 4.79 Å². The number of pyridine rings is 1. The number of ether oxygens (including phenoxy) is 1. The Hall–Kier alpha value is -1.62. The van der Waals surface area contributed by atoms with Crippen LogP contribution < -0.4 is 5.32 Å². The third-order valence-corrected chi connectivity index (χ3v) is 3.06. The molecule has 98 valence electrons. The van der Waals surface area contributed by atoms with Crippen LogP contribution >= 0.6 is 0 Å². The molecule has 1 aliphatic heterocycles. The molecule has 0 spiro atoms. The maximum atomic E-state index is 12.5. The molecule has 0 radical (unpaired) electrons. The SMILES string of the molecule is CNc1cnccc1C(=O)N1CCCOC(C)C1. The first-order chi connectivity index (χ1) is 8.72. The lowest BCUT2D eigenvalue weighted by atomic mass is 10.2. The molecule has 2 heterocycles. The van der Waals surface area contributed by atoms with Crippen molar-refractivity contribution < 1.29 is 9.53 Å². The summed E-state index contributed by atoms with van der Waals surface area (Å²) in [6, 6.07) is 1.75. The molecule has 0 saturated carbocycles. The maximum Gasteiger partial charge on any atom is 0.256 e. The second kappa shape index (κ2) is 5.82. The van der Waals surface area contributed by atoms with Crippen LogP contribution in [0.5, 0.6) is 0 Å². The Kier molecular flexibility index (Phi) is 4.15. The Morgan fingerprint density at radius 1 is 1.61 bits per heavy atom. The lowest BCUT2D eigenvalue weighted by Crippen LogP contribution is -2.36. The molecule has 0 aliphatic carbocycles. The molecule has 5 nitrogen and oxygen atoms in total. The van der Waals surface area contributed by atoms with E-state index >= 15 is 0 Å². The molecule has 1 aliphatic rings. The van der Waals surface area contributed by atoms with Crippen molar-refractivity contribution in [3.8, 4) is 0 Å². The predicted molar refractivity (Wildman–Crippen MR) is 69.7 cm³/mol. The van der Waals surface area contributed by atoms with E-state index in [1.54, 1.807) is 25.5 Å². The highest BCUT2D eigenvalue weighted by Gasteiger charge is 2.22. The van der Waals surface area contributed by atoms with Gasteiger partial charge in [0.25, 0.3) is 5.91 Å². The Balaban J connectivity index is 2.19. The van der Waals surface area contributed by atoms with Gasteiger partial charge in [0.1, 0.15) is 0 Å². The standard InChI is InChI=1S/C13H19N3O2/c1-10-9-16(6-3-7-18-10)13(17)11-4-5-15-8-12(11)14-2/h4-5,8,10,14H,3,6-7,9H2,1-2H3. The lowest BCUT2D eigenvalue weighted by molar-refractivity contribution is 0.0563. The molecule has 1 aromatic rings. The Morgan fingerprint density at radius 3 is 3.22 bits per heavy atom. The highest BCUT2D eigenvalue weighted by molar-refractivity contribution is 5.99. The number of nitrogens with one attached hydrogen (secondary N) is 1. The Labute approximate surface area is 107 Å². The zero-order valence-electron chi connectivity index (χ0n) is 10.8. The van der Waals surface area contributed by atoms with Gasteiger partial charge in [0.15, 0.2) is 0 Å². The fraction of sp³-hybridized carbons (Fsp3) is 0.538. The van der Waals surface area contributed by atoms with E-state index < -0.39 is 0 Å². The summed E-state index contributed by atoms with van der Waals surface area (Å²) in [5.41, 5.74) is 1.43. The Bertz CT molecular complexity index is 422. The van der Waals surface area contributed by atoms with E-state index in [1.807, 2.05) is 11.8 Å². The van der Waals surface area contributed by atoms with Crippen LogP contribution in [0, 0.1) is 0 Å². The highest BCUT2D eigenvalue weighted by atomic mass is 16.5. The number of hydrogen-bond donors (Lipinski definition) is 1. The van der Waals surface area contributed by atoms with Crippen LogP contribution in [0.15, 0.2) is 18.5 Å². The van der Waals surface area contributed by atoms with E-state index in [1.165, 1.54) is 0 Å². The highest BCUT2D eigenvalue weighted by Crippen LogP contribution is 2.17. The van der Waals surface area contributed by atoms with Crippen LogP contribution in [0.25, 0.3) is 0 Å². The van der Waals surface area contributed by atoms with Crippen molar-refractivity contribution in [2.75, 3.05) is 32.1 Å². The van der Waals surface area contributed by atoms with Gasteiger partial charge in [-0.05, 0) is 19.4 Å². The van der Waals surface area contributed by atoms with Crippen molar-refractivity contribution in [3.05, 3.63) is 24.0 Å². The number of carbonyl (C=O) groups is 1. The topological polar surface area (TPSA) is 54.5 Å². The van der Waals surface area contributed by atoms with Gasteiger partial charge in [-0.25, -0.2) is 0 Å². The molecule has 1 saturated heterocycles. The van der Waals surface area contributed by atoms with E-state index in [2.05, 4.69) is 10.3 Å². The molecule has 2 rings (SSSR count). The summed E-state index contributed by atoms with van der Waals surface area (Å²) in [7, 11) is 1.79. The molecule has 1 fully saturated rings. The molecule has 1 unspecified atom stereocenters. The first-order valence-electron chi connectivity index (χ1n) is 6.25. The molecule has 18 heavy (non-hydrogen) atoms. The zero-order chi connectivity index (χ0) is 13.0. The van der Waals surface area contributed by atoms with Crippen LogP contribution in [-0.2, 0) is 4.74 Å². The number of carbonyl (C=O) groups excluding carboxylic acids is 1. The summed E-state index contributed by atoms with van der Waals surface area (Å²) in [6.07, 6.45) is 4.30. The molecule has 1 amide bonds. The fourth-order valence-corrected chi connectivity index (χ4v) is 2.13. The molecular weight excluding hydrogens is 230 g/mol. The van der Waals surface area contributed by atoms with Gasteiger partial charge in [-0.1, -0.05) is 0 Å². The van der Waals surface area contributed by atoms with Crippen molar-refractivity contribution in [1.82, 2.24) is 9.88 Å². The number of amides is 1. The molecule has 0 bridgehead atoms. The summed E-state index contributed by atoms with van der Waals surface area (Å²) in [4.78, 5) is 18.4. The summed E-state index contributed by atoms with van der Waals surface area (Å²) in [6.45, 7) is 4.11. The molecule has 1 N–H and O–H groups in total. The molecule has 1 aromatic heterocycles. The van der Waals surface area contributed by atoms with Gasteiger partial charge < -0.3 is 15.0 Å². The zero-order valence-corrected chi connectivity index (χ0v) is 10.8. The summed E-state index contributed by atoms with van der Waals surface area (Å²) in [5.74, 6) is 0.0408. The lowest BCUT2D eigenvalue weighted by Gasteiger charge is -2.23. The third kappa shape index (κ3) is 2.79. The second-order valence-electron chi connectivity index (χ2n) is 4.46. The first-order valence-corrected chi connectivity index (χ1v) is 6.25. The van der Waals surface area contributed by atoms with Gasteiger partial charge in [-0.15, -0.1) is 0 Å². The normalized spacial score (nSPS) is 20.3. The minimum atomic E-state index is 0.0408. The van der Waals surface area contributed by atoms with Gasteiger partial charge in [-0.2, -0.15) is 0 Å². The number of aromatic nitrogens is 1. The van der Waals surface area contributed by atoms with E-state index in [4.69, 9.17) is 4.74 Å². The molecule has 5 heteroatoms. The van der Waals surface area contributed by atoms with Gasteiger partial charge >= 0.3 is 0 Å². The van der Waals surface area contributed by atoms with Crippen LogP contribution in [0.4, 0.5) is 5.69 Å². The van der Waals surface area contributed by atoms with Gasteiger partial charge in [0.2, 0.25) is 0 Å². The van der Waals surface area contributed by atoms with E-state index in [-0.39, 0.29) is 12.0 Å². The van der Waals surface area contributed by atoms with E-state index in [0.717, 1.165) is 25.3 Å². The average molecular weight is 249 g/mol. The van der Waals surface area contributed by atoms with Crippen LogP contribution in [0.2, 0.25) is 0 Å². The largest absolute Gasteiger partial charge is 0.386 e. The number of anilines is 1. The van der Waals surface area contributed by atoms with Crippen LogP contribution in [0.3, 0.4) is 0 Å². The summed E-state index contributed by atoms with van der Waals surface area (Å²) < 4.78 is 5.55. The smallest absolute Gasteiger partial charge is 0.256 e. The Morgan fingerprint density at radius 2 is 2.44 bits per heavy atom. The number of nitrogens with zero attached hydrogens (tertiary/aromatic N) is 2. The van der Waals surface area contributed by atoms with Crippen molar-refractivity contribution in [2.24, 2.45) is 0 Å². The summed E-state index contributed by atoms with van der Waals surface area (Å²) >= 11 is 0. The van der Waals surface area contributed by atoms with Crippen LogP contribution in [0.1, 0.15) is 23.7 Å². The van der Waals surface area contributed by atoms with Crippen molar-refractivity contribution in [2.45, 2.75) is 19.4 Å². The average Bonchev–Trinajstić information content (AvgIpc) is 2.62. The quantitative estimate of drug-likeness (QED) is 0.860. The summed E-state index contributed by atoms with van der Waals surface area (Å²) in [5, 5.41) is 3.00. The molecule has 0 aromatic carbocycles. The third-order valence-electron chi connectivity index (χ3n) is 3.06. The predicted octanol–water partition coefficient (Wildman–Crippen LogP) is 1.37. The van der Waals surface area contributed by atoms with Crippen molar-refractivity contribution >= 4 is 11.6 Å². The van der Waals surface area contributed by atoms with Gasteiger partial charge in [0, 0.05) is 32.9 Å². The second-order valence-corrected chi connectivity index (χ2v) is 4.46. The first kappa shape index (κ1) is 12.8. The van der Waals surface area contributed by atoms with Crippen molar-refractivity contribution in [1.29, 1.82) is 0 Å². The molecule has 1 atom stereocenters. The number of rotatable bonds is 2. The van der Waals surface area contributed by atoms with Crippen molar-refractivity contribution in [3.63, 3.8) is 0 Å². The van der Waals surface area contributed by atoms with Gasteiger partial charge in [-0.3, -0.25) is 9.78 Å². The van der Waals surface area contributed by atoms with Gasteiger partial charge in [0.05, 0.1) is 23.6 Å². The minimum Gasteiger partial charge on any atom is -0.386 e. The molecular formula is C13H19N3O2. The maximum absolute atomic E-state index is 12.5. The number of hydrogen-bond acceptors (Lipinski definition) is 4. The fourth-order valence-electron chi connectivity index (χ4n) is 2.13. The monoisotopic (exact) mass is 249 g/mol. The van der Waals surface area contributed by atoms with E-state index in [0.29, 0.717) is 12.1 Å². The van der Waals surface area contributed by atoms with Crippen LogP contribution in [-0.4, -0.2) is 48.6 Å². The minimum absolute atomic E-state index is 0.0408.